The Bertz CT molecular complexity index is 941. The Balaban J connectivity index is 1.46. The van der Waals surface area contributed by atoms with E-state index in [1.165, 1.54) is 62.0 Å². The topological polar surface area (TPSA) is 12.9 Å². The zero-order chi connectivity index (χ0) is 19.5. The summed E-state index contributed by atoms with van der Waals surface area (Å²) >= 11 is 1.34. The van der Waals surface area contributed by atoms with Crippen LogP contribution in [0.15, 0.2) is 36.4 Å². The van der Waals surface area contributed by atoms with E-state index >= 15 is 0 Å². The molecule has 1 aromatic heterocycles. The van der Waals surface area contributed by atoms with E-state index in [4.69, 9.17) is 0 Å². The fourth-order valence-electron chi connectivity index (χ4n) is 4.44. The molecule has 1 aliphatic rings. The van der Waals surface area contributed by atoms with Gasteiger partial charge in [0.15, 0.2) is 0 Å². The number of benzene rings is 2. The van der Waals surface area contributed by atoms with Gasteiger partial charge in [0.25, 0.3) is 0 Å². The fourth-order valence-corrected chi connectivity index (χ4v) is 5.46. The Morgan fingerprint density at radius 2 is 1.82 bits per heavy atom. The molecule has 1 aliphatic carbocycles. The van der Waals surface area contributed by atoms with Crippen molar-refractivity contribution in [2.24, 2.45) is 5.92 Å². The quantitative estimate of drug-likeness (QED) is 0.382. The third-order valence-electron chi connectivity index (χ3n) is 6.11. The number of unbranched alkanes of at least 4 members (excludes halogenated alkanes) is 2. The number of fused-ring (bicyclic) bond motifs is 1. The highest BCUT2D eigenvalue weighted by Gasteiger charge is 2.23. The van der Waals surface area contributed by atoms with Crippen molar-refractivity contribution in [3.05, 3.63) is 53.6 Å². The van der Waals surface area contributed by atoms with Gasteiger partial charge in [0.1, 0.15) is 16.6 Å². The molecule has 1 heterocycles. The van der Waals surface area contributed by atoms with Crippen LogP contribution in [0.3, 0.4) is 0 Å². The van der Waals surface area contributed by atoms with Crippen LogP contribution in [0.2, 0.25) is 0 Å². The predicted molar refractivity (Wildman–Crippen MR) is 114 cm³/mol. The van der Waals surface area contributed by atoms with Crippen molar-refractivity contribution >= 4 is 21.6 Å². The lowest BCUT2D eigenvalue weighted by Crippen LogP contribution is -2.13. The molecule has 3 aromatic rings. The second kappa shape index (κ2) is 8.69. The van der Waals surface area contributed by atoms with Crippen LogP contribution in [-0.4, -0.2) is 4.98 Å². The van der Waals surface area contributed by atoms with E-state index in [0.717, 1.165) is 29.0 Å². The molecule has 0 aliphatic heterocycles. The lowest BCUT2D eigenvalue weighted by molar-refractivity contribution is 0.302. The number of hydrogen-bond donors (Lipinski definition) is 0. The van der Waals surface area contributed by atoms with Gasteiger partial charge in [0.2, 0.25) is 0 Å². The first-order chi connectivity index (χ1) is 13.6. The first kappa shape index (κ1) is 19.5. The Labute approximate surface area is 169 Å². The molecule has 1 fully saturated rings. The lowest BCUT2D eigenvalue weighted by Gasteiger charge is -2.29. The zero-order valence-electron chi connectivity index (χ0n) is 16.4. The summed E-state index contributed by atoms with van der Waals surface area (Å²) in [5, 5.41) is 0.615. The van der Waals surface area contributed by atoms with E-state index in [-0.39, 0.29) is 11.6 Å². The summed E-state index contributed by atoms with van der Waals surface area (Å²) in [5.74, 6) is 0.816. The maximum Gasteiger partial charge on any atom is 0.133 e. The molecule has 0 spiro atoms. The number of rotatable bonds is 6. The van der Waals surface area contributed by atoms with Gasteiger partial charge in [-0.2, -0.15) is 0 Å². The Morgan fingerprint density at radius 3 is 2.57 bits per heavy atom. The Kier molecular flexibility index (Phi) is 6.05. The van der Waals surface area contributed by atoms with Crippen molar-refractivity contribution in [2.75, 3.05) is 0 Å². The zero-order valence-corrected chi connectivity index (χ0v) is 17.2. The van der Waals surface area contributed by atoms with Gasteiger partial charge < -0.3 is 0 Å². The summed E-state index contributed by atoms with van der Waals surface area (Å²) in [6.45, 7) is 2.25. The summed E-state index contributed by atoms with van der Waals surface area (Å²) in [7, 11) is 0. The highest BCUT2D eigenvalue weighted by Crippen LogP contribution is 2.39. The summed E-state index contributed by atoms with van der Waals surface area (Å²) in [6.07, 6.45) is 10.2. The van der Waals surface area contributed by atoms with Gasteiger partial charge in [0.05, 0.1) is 10.2 Å². The van der Waals surface area contributed by atoms with Gasteiger partial charge in [-0.1, -0.05) is 38.7 Å². The van der Waals surface area contributed by atoms with E-state index in [2.05, 4.69) is 18.0 Å². The monoisotopic (exact) mass is 399 g/mol. The van der Waals surface area contributed by atoms with Gasteiger partial charge in [-0.15, -0.1) is 11.3 Å². The number of hydrogen-bond acceptors (Lipinski definition) is 2. The van der Waals surface area contributed by atoms with Crippen molar-refractivity contribution < 1.29 is 8.78 Å². The van der Waals surface area contributed by atoms with Crippen LogP contribution in [0.5, 0.6) is 0 Å². The summed E-state index contributed by atoms with van der Waals surface area (Å²) in [5.41, 5.74) is 2.34. The summed E-state index contributed by atoms with van der Waals surface area (Å²) in [6, 6.07) is 10.1. The van der Waals surface area contributed by atoms with Crippen molar-refractivity contribution in [3.8, 4) is 10.6 Å². The molecule has 4 rings (SSSR count). The molecular formula is C24H27F2NS. The normalized spacial score (nSPS) is 20.0. The standard InChI is InChI=1S/C24H27F2NS/c1-2-3-4-5-16-6-8-17(9-7-16)18-10-12-20(21(26)14-18)24-27-22-13-11-19(25)15-23(22)28-24/h10-17H,2-9H2,1H3. The Morgan fingerprint density at radius 1 is 1.00 bits per heavy atom. The van der Waals surface area contributed by atoms with Gasteiger partial charge >= 0.3 is 0 Å². The average Bonchev–Trinajstić information content (AvgIpc) is 3.11. The molecular weight excluding hydrogens is 372 g/mol. The largest absolute Gasteiger partial charge is 0.236 e. The molecule has 0 atom stereocenters. The average molecular weight is 400 g/mol. The maximum absolute atomic E-state index is 14.9. The van der Waals surface area contributed by atoms with Crippen LogP contribution in [0, 0.1) is 17.6 Å². The summed E-state index contributed by atoms with van der Waals surface area (Å²) in [4.78, 5) is 4.48. The number of aromatic nitrogens is 1. The van der Waals surface area contributed by atoms with Gasteiger partial charge in [0, 0.05) is 5.56 Å². The van der Waals surface area contributed by atoms with E-state index in [1.807, 2.05) is 6.07 Å². The molecule has 0 N–H and O–H groups in total. The molecule has 148 valence electrons. The van der Waals surface area contributed by atoms with Gasteiger partial charge in [-0.25, -0.2) is 13.8 Å². The minimum absolute atomic E-state index is 0.220. The van der Waals surface area contributed by atoms with Gasteiger partial charge in [-0.05, 0) is 73.4 Å². The SMILES string of the molecule is CCCCCC1CCC(c2ccc(-c3nc4ccc(F)cc4s3)c(F)c2)CC1. The maximum atomic E-state index is 14.9. The predicted octanol–water partition coefficient (Wildman–Crippen LogP) is 8.10. The molecule has 0 saturated heterocycles. The number of thiazole rings is 1. The first-order valence-corrected chi connectivity index (χ1v) is 11.3. The molecule has 4 heteroatoms. The molecule has 0 bridgehead atoms. The minimum atomic E-state index is -0.288. The number of nitrogens with zero attached hydrogens (tertiary/aromatic N) is 1. The van der Waals surface area contributed by atoms with Crippen LogP contribution >= 0.6 is 11.3 Å². The smallest absolute Gasteiger partial charge is 0.133 e. The van der Waals surface area contributed by atoms with Crippen molar-refractivity contribution in [3.63, 3.8) is 0 Å². The Hall–Kier alpha value is -1.81. The highest BCUT2D eigenvalue weighted by atomic mass is 32.1. The van der Waals surface area contributed by atoms with Crippen LogP contribution in [0.1, 0.15) is 69.8 Å². The van der Waals surface area contributed by atoms with Gasteiger partial charge in [-0.3, -0.25) is 0 Å². The van der Waals surface area contributed by atoms with E-state index in [1.54, 1.807) is 12.1 Å². The second-order valence-electron chi connectivity index (χ2n) is 8.08. The fraction of sp³-hybridized carbons (Fsp3) is 0.458. The third kappa shape index (κ3) is 4.27. The third-order valence-corrected chi connectivity index (χ3v) is 7.16. The van der Waals surface area contributed by atoms with Crippen molar-refractivity contribution in [1.29, 1.82) is 0 Å². The van der Waals surface area contributed by atoms with Crippen molar-refractivity contribution in [1.82, 2.24) is 4.98 Å². The molecule has 0 radical (unpaired) electrons. The highest BCUT2D eigenvalue weighted by molar-refractivity contribution is 7.21. The van der Waals surface area contributed by atoms with Crippen LogP contribution in [-0.2, 0) is 0 Å². The second-order valence-corrected chi connectivity index (χ2v) is 9.11. The summed E-state index contributed by atoms with van der Waals surface area (Å²) < 4.78 is 29.0. The van der Waals surface area contributed by atoms with E-state index < -0.39 is 0 Å². The van der Waals surface area contributed by atoms with Crippen LogP contribution in [0.4, 0.5) is 8.78 Å². The van der Waals surface area contributed by atoms with Crippen LogP contribution in [0.25, 0.3) is 20.8 Å². The van der Waals surface area contributed by atoms with Crippen molar-refractivity contribution in [2.45, 2.75) is 64.2 Å². The first-order valence-electron chi connectivity index (χ1n) is 10.5. The molecule has 0 unspecified atom stereocenters. The lowest BCUT2D eigenvalue weighted by atomic mass is 9.77. The number of halogens is 2. The van der Waals surface area contributed by atoms with Crippen LogP contribution < -0.4 is 0 Å². The minimum Gasteiger partial charge on any atom is -0.236 e. The molecule has 1 nitrogen and oxygen atoms in total. The van der Waals surface area contributed by atoms with E-state index in [0.29, 0.717) is 22.0 Å². The molecule has 28 heavy (non-hydrogen) atoms. The molecule has 1 saturated carbocycles. The molecule has 0 amide bonds. The molecule has 2 aromatic carbocycles. The van der Waals surface area contributed by atoms with E-state index in [9.17, 15) is 8.78 Å².